The van der Waals surface area contributed by atoms with Crippen LogP contribution in [0.25, 0.3) is 0 Å². The van der Waals surface area contributed by atoms with E-state index in [1.54, 1.807) is 11.3 Å². The fourth-order valence-corrected chi connectivity index (χ4v) is 2.83. The standard InChI is InChI=1S/C12H17NO2S/c14-12(15)11-2-6-13(7-3-11)5-1-10-4-8-16-9-10/h4,8-9,11H,1-3,5-7H2,(H,14,15). The van der Waals surface area contributed by atoms with Gasteiger partial charge in [-0.3, -0.25) is 4.79 Å². The van der Waals surface area contributed by atoms with E-state index in [4.69, 9.17) is 5.11 Å². The minimum atomic E-state index is -0.627. The molecule has 4 heteroatoms. The van der Waals surface area contributed by atoms with Gasteiger partial charge in [0, 0.05) is 6.54 Å². The molecular formula is C12H17NO2S. The van der Waals surface area contributed by atoms with Crippen molar-refractivity contribution in [1.82, 2.24) is 4.90 Å². The number of likely N-dealkylation sites (tertiary alicyclic amines) is 1. The molecule has 16 heavy (non-hydrogen) atoms. The van der Waals surface area contributed by atoms with Crippen LogP contribution < -0.4 is 0 Å². The third-order valence-electron chi connectivity index (χ3n) is 3.23. The zero-order valence-corrected chi connectivity index (χ0v) is 10.1. The minimum absolute atomic E-state index is 0.114. The molecule has 0 saturated carbocycles. The number of hydrogen-bond acceptors (Lipinski definition) is 3. The Hall–Kier alpha value is -0.870. The average Bonchev–Trinajstić information content (AvgIpc) is 2.80. The van der Waals surface area contributed by atoms with Crippen LogP contribution in [0.15, 0.2) is 16.8 Å². The van der Waals surface area contributed by atoms with Gasteiger partial charge in [0.15, 0.2) is 0 Å². The Labute approximate surface area is 99.7 Å². The van der Waals surface area contributed by atoms with Gasteiger partial charge in [-0.25, -0.2) is 0 Å². The van der Waals surface area contributed by atoms with E-state index in [2.05, 4.69) is 21.7 Å². The summed E-state index contributed by atoms with van der Waals surface area (Å²) in [7, 11) is 0. The van der Waals surface area contributed by atoms with Crippen LogP contribution >= 0.6 is 11.3 Å². The molecule has 0 unspecified atom stereocenters. The molecule has 0 bridgehead atoms. The van der Waals surface area contributed by atoms with Gasteiger partial charge in [-0.1, -0.05) is 0 Å². The molecule has 1 N–H and O–H groups in total. The van der Waals surface area contributed by atoms with Crippen LogP contribution in [0.5, 0.6) is 0 Å². The maximum atomic E-state index is 10.8. The molecule has 2 rings (SSSR count). The van der Waals surface area contributed by atoms with Crippen molar-refractivity contribution in [3.63, 3.8) is 0 Å². The van der Waals surface area contributed by atoms with E-state index in [0.717, 1.165) is 38.9 Å². The number of piperidine rings is 1. The summed E-state index contributed by atoms with van der Waals surface area (Å²) in [6.45, 7) is 2.92. The number of hydrogen-bond donors (Lipinski definition) is 1. The smallest absolute Gasteiger partial charge is 0.306 e. The summed E-state index contributed by atoms with van der Waals surface area (Å²) in [6, 6.07) is 2.16. The number of carbonyl (C=O) groups is 1. The predicted octanol–water partition coefficient (Wildman–Crippen LogP) is 2.09. The molecule has 0 amide bonds. The van der Waals surface area contributed by atoms with Gasteiger partial charge in [0.05, 0.1) is 5.92 Å². The number of rotatable bonds is 4. The van der Waals surface area contributed by atoms with Crippen molar-refractivity contribution < 1.29 is 9.90 Å². The Morgan fingerprint density at radius 3 is 2.81 bits per heavy atom. The second-order valence-electron chi connectivity index (χ2n) is 4.34. The van der Waals surface area contributed by atoms with Gasteiger partial charge in [0.25, 0.3) is 0 Å². The Kier molecular flexibility index (Phi) is 3.96. The lowest BCUT2D eigenvalue weighted by Gasteiger charge is -2.29. The molecule has 1 aromatic rings. The van der Waals surface area contributed by atoms with Crippen LogP contribution in [0, 0.1) is 5.92 Å². The predicted molar refractivity (Wildman–Crippen MR) is 64.8 cm³/mol. The maximum Gasteiger partial charge on any atom is 0.306 e. The first kappa shape index (κ1) is 11.6. The highest BCUT2D eigenvalue weighted by Gasteiger charge is 2.23. The number of aliphatic carboxylic acids is 1. The second kappa shape index (κ2) is 5.46. The van der Waals surface area contributed by atoms with Crippen LogP contribution in [0.1, 0.15) is 18.4 Å². The van der Waals surface area contributed by atoms with Gasteiger partial charge in [0.1, 0.15) is 0 Å². The van der Waals surface area contributed by atoms with E-state index in [1.807, 2.05) is 0 Å². The average molecular weight is 239 g/mol. The summed E-state index contributed by atoms with van der Waals surface area (Å²) < 4.78 is 0. The third-order valence-corrected chi connectivity index (χ3v) is 3.97. The van der Waals surface area contributed by atoms with E-state index in [1.165, 1.54) is 5.56 Å². The fourth-order valence-electron chi connectivity index (χ4n) is 2.13. The number of carboxylic acid groups (broad SMARTS) is 1. The molecule has 1 fully saturated rings. The topological polar surface area (TPSA) is 40.5 Å². The maximum absolute atomic E-state index is 10.8. The van der Waals surface area contributed by atoms with Crippen LogP contribution in [0.4, 0.5) is 0 Å². The molecule has 0 atom stereocenters. The highest BCUT2D eigenvalue weighted by molar-refractivity contribution is 7.07. The lowest BCUT2D eigenvalue weighted by Crippen LogP contribution is -2.37. The molecule has 0 aromatic carbocycles. The molecule has 0 aliphatic carbocycles. The third kappa shape index (κ3) is 3.06. The monoisotopic (exact) mass is 239 g/mol. The minimum Gasteiger partial charge on any atom is -0.481 e. The fraction of sp³-hybridized carbons (Fsp3) is 0.583. The first-order chi connectivity index (χ1) is 7.75. The van der Waals surface area contributed by atoms with Crippen LogP contribution in [-0.4, -0.2) is 35.6 Å². The van der Waals surface area contributed by atoms with E-state index in [9.17, 15) is 4.79 Å². The van der Waals surface area contributed by atoms with Gasteiger partial charge in [-0.15, -0.1) is 0 Å². The highest BCUT2D eigenvalue weighted by atomic mass is 32.1. The highest BCUT2D eigenvalue weighted by Crippen LogP contribution is 2.17. The van der Waals surface area contributed by atoms with Crippen LogP contribution in [0.2, 0.25) is 0 Å². The van der Waals surface area contributed by atoms with Gasteiger partial charge >= 0.3 is 5.97 Å². The molecule has 1 saturated heterocycles. The molecular weight excluding hydrogens is 222 g/mol. The number of nitrogens with zero attached hydrogens (tertiary/aromatic N) is 1. The number of thiophene rings is 1. The summed E-state index contributed by atoms with van der Waals surface area (Å²) >= 11 is 1.73. The molecule has 2 heterocycles. The van der Waals surface area contributed by atoms with E-state index >= 15 is 0 Å². The molecule has 1 aliphatic rings. The quantitative estimate of drug-likeness (QED) is 0.874. The van der Waals surface area contributed by atoms with Crippen molar-refractivity contribution in [2.45, 2.75) is 19.3 Å². The summed E-state index contributed by atoms with van der Waals surface area (Å²) in [5.41, 5.74) is 1.39. The van der Waals surface area contributed by atoms with Gasteiger partial charge in [-0.05, 0) is 54.7 Å². The summed E-state index contributed by atoms with van der Waals surface area (Å²) in [5, 5.41) is 13.2. The first-order valence-electron chi connectivity index (χ1n) is 5.72. The van der Waals surface area contributed by atoms with Crippen molar-refractivity contribution in [3.8, 4) is 0 Å². The largest absolute Gasteiger partial charge is 0.481 e. The Morgan fingerprint density at radius 1 is 1.50 bits per heavy atom. The molecule has 0 spiro atoms. The Balaban J connectivity index is 1.71. The Morgan fingerprint density at radius 2 is 2.25 bits per heavy atom. The molecule has 1 aliphatic heterocycles. The summed E-state index contributed by atoms with van der Waals surface area (Å²) in [4.78, 5) is 13.2. The Bertz CT molecular complexity index is 329. The van der Waals surface area contributed by atoms with Crippen molar-refractivity contribution in [2.24, 2.45) is 5.92 Å². The van der Waals surface area contributed by atoms with E-state index in [-0.39, 0.29) is 5.92 Å². The van der Waals surface area contributed by atoms with Crippen molar-refractivity contribution in [1.29, 1.82) is 0 Å². The van der Waals surface area contributed by atoms with Crippen LogP contribution in [-0.2, 0) is 11.2 Å². The second-order valence-corrected chi connectivity index (χ2v) is 5.12. The van der Waals surface area contributed by atoms with Crippen molar-refractivity contribution in [3.05, 3.63) is 22.4 Å². The molecule has 0 radical (unpaired) electrons. The zero-order valence-electron chi connectivity index (χ0n) is 9.26. The zero-order chi connectivity index (χ0) is 11.4. The molecule has 3 nitrogen and oxygen atoms in total. The summed E-state index contributed by atoms with van der Waals surface area (Å²) in [6.07, 6.45) is 2.69. The van der Waals surface area contributed by atoms with Gasteiger partial charge in [0.2, 0.25) is 0 Å². The lowest BCUT2D eigenvalue weighted by molar-refractivity contribution is -0.143. The van der Waals surface area contributed by atoms with E-state index in [0.29, 0.717) is 0 Å². The number of carboxylic acids is 1. The van der Waals surface area contributed by atoms with Gasteiger partial charge < -0.3 is 10.0 Å². The van der Waals surface area contributed by atoms with E-state index < -0.39 is 5.97 Å². The molecule has 88 valence electrons. The molecule has 1 aromatic heterocycles. The normalized spacial score (nSPS) is 18.8. The lowest BCUT2D eigenvalue weighted by atomic mass is 9.97. The van der Waals surface area contributed by atoms with Gasteiger partial charge in [-0.2, -0.15) is 11.3 Å². The first-order valence-corrected chi connectivity index (χ1v) is 6.66. The van der Waals surface area contributed by atoms with Crippen molar-refractivity contribution in [2.75, 3.05) is 19.6 Å². The summed E-state index contributed by atoms with van der Waals surface area (Å²) in [5.74, 6) is -0.741. The van der Waals surface area contributed by atoms with Crippen LogP contribution in [0.3, 0.4) is 0 Å². The van der Waals surface area contributed by atoms with Crippen molar-refractivity contribution >= 4 is 17.3 Å². The SMILES string of the molecule is O=C(O)C1CCN(CCc2ccsc2)CC1.